The molecule has 5 heteroatoms. The normalized spacial score (nSPS) is 21.0. The highest BCUT2D eigenvalue weighted by Gasteiger charge is 2.26. The van der Waals surface area contributed by atoms with Crippen LogP contribution in [0.25, 0.3) is 11.5 Å². The van der Waals surface area contributed by atoms with Crippen LogP contribution in [0.4, 0.5) is 5.95 Å². The Morgan fingerprint density at radius 3 is 2.46 bits per heavy atom. The van der Waals surface area contributed by atoms with Crippen LogP contribution in [0, 0.1) is 0 Å². The molecule has 1 aliphatic heterocycles. The van der Waals surface area contributed by atoms with E-state index in [1.807, 2.05) is 30.3 Å². The number of nitrogens with zero attached hydrogens (tertiary/aromatic N) is 3. The molecule has 0 spiro atoms. The molecule has 1 N–H and O–H groups in total. The summed E-state index contributed by atoms with van der Waals surface area (Å²) in [6, 6.07) is 11.2. The quantitative estimate of drug-likeness (QED) is 0.922. The lowest BCUT2D eigenvalue weighted by molar-refractivity contribution is 0.126. The van der Waals surface area contributed by atoms with Gasteiger partial charge < -0.3 is 14.7 Å². The number of anilines is 1. The summed E-state index contributed by atoms with van der Waals surface area (Å²) in [5.74, 6) is 1.20. The van der Waals surface area contributed by atoms with E-state index < -0.39 is 0 Å². The van der Waals surface area contributed by atoms with Gasteiger partial charge in [0.1, 0.15) is 0 Å². The van der Waals surface area contributed by atoms with Crippen LogP contribution in [0.5, 0.6) is 0 Å². The molecule has 4 rings (SSSR count). The van der Waals surface area contributed by atoms with Crippen molar-refractivity contribution in [2.75, 3.05) is 18.4 Å². The summed E-state index contributed by atoms with van der Waals surface area (Å²) in [6.07, 6.45) is 9.35. The van der Waals surface area contributed by atoms with Gasteiger partial charge in [-0.3, -0.25) is 0 Å². The van der Waals surface area contributed by atoms with E-state index in [-0.39, 0.29) is 0 Å². The number of nitrogens with one attached hydrogen (secondary N) is 1. The highest BCUT2D eigenvalue weighted by Crippen LogP contribution is 2.26. The van der Waals surface area contributed by atoms with Crippen LogP contribution in [-0.4, -0.2) is 40.2 Å². The Labute approximate surface area is 143 Å². The van der Waals surface area contributed by atoms with Crippen molar-refractivity contribution in [1.82, 2.24) is 15.0 Å². The Hall–Kier alpha value is -1.88. The number of aromatic nitrogens is 2. The molecule has 1 saturated heterocycles. The fourth-order valence-corrected chi connectivity index (χ4v) is 4.02. The Balaban J connectivity index is 1.30. The summed E-state index contributed by atoms with van der Waals surface area (Å²) < 4.78 is 5.37. The highest BCUT2D eigenvalue weighted by atomic mass is 16.5. The van der Waals surface area contributed by atoms with Crippen molar-refractivity contribution in [3.05, 3.63) is 30.3 Å². The fourth-order valence-electron chi connectivity index (χ4n) is 4.02. The molecule has 5 nitrogen and oxygen atoms in total. The maximum Gasteiger partial charge on any atom is 0.263 e. The lowest BCUT2D eigenvalue weighted by atomic mass is 9.92. The molecule has 0 radical (unpaired) electrons. The second-order valence-electron chi connectivity index (χ2n) is 7.04. The van der Waals surface area contributed by atoms with Crippen LogP contribution in [0.2, 0.25) is 0 Å². The van der Waals surface area contributed by atoms with Crippen molar-refractivity contribution in [2.45, 2.75) is 57.0 Å². The number of benzene rings is 1. The Morgan fingerprint density at radius 2 is 1.71 bits per heavy atom. The van der Waals surface area contributed by atoms with Crippen LogP contribution < -0.4 is 5.32 Å². The van der Waals surface area contributed by atoms with E-state index >= 15 is 0 Å². The molecule has 24 heavy (non-hydrogen) atoms. The fraction of sp³-hybridized carbons (Fsp3) is 0.579. The van der Waals surface area contributed by atoms with Crippen molar-refractivity contribution in [1.29, 1.82) is 0 Å². The van der Waals surface area contributed by atoms with Crippen molar-refractivity contribution in [3.8, 4) is 11.5 Å². The van der Waals surface area contributed by atoms with E-state index in [1.165, 1.54) is 45.2 Å². The summed E-state index contributed by atoms with van der Waals surface area (Å²) in [5.41, 5.74) is 0.963. The van der Waals surface area contributed by atoms with Crippen LogP contribution in [-0.2, 0) is 0 Å². The van der Waals surface area contributed by atoms with Gasteiger partial charge in [-0.25, -0.2) is 0 Å². The monoisotopic (exact) mass is 326 g/mol. The first-order valence-electron chi connectivity index (χ1n) is 9.28. The van der Waals surface area contributed by atoms with Crippen molar-refractivity contribution in [3.63, 3.8) is 0 Å². The Morgan fingerprint density at radius 1 is 0.958 bits per heavy atom. The van der Waals surface area contributed by atoms with E-state index in [2.05, 4.69) is 20.4 Å². The minimum atomic E-state index is 0.450. The zero-order valence-corrected chi connectivity index (χ0v) is 14.2. The molecular formula is C19H26N4O. The molecule has 0 atom stereocenters. The van der Waals surface area contributed by atoms with Gasteiger partial charge in [-0.1, -0.05) is 37.5 Å². The predicted molar refractivity (Wildman–Crippen MR) is 94.8 cm³/mol. The first kappa shape index (κ1) is 15.6. The van der Waals surface area contributed by atoms with Gasteiger partial charge in [0.2, 0.25) is 0 Å². The summed E-state index contributed by atoms with van der Waals surface area (Å²) in [7, 11) is 0. The zero-order chi connectivity index (χ0) is 16.2. The van der Waals surface area contributed by atoms with Crippen molar-refractivity contribution >= 4 is 5.95 Å². The lowest BCUT2D eigenvalue weighted by Crippen LogP contribution is -2.45. The van der Waals surface area contributed by atoms with E-state index in [4.69, 9.17) is 4.52 Å². The zero-order valence-electron chi connectivity index (χ0n) is 14.2. The molecule has 1 aliphatic carbocycles. The molecule has 1 aromatic heterocycles. The highest BCUT2D eigenvalue weighted by molar-refractivity contribution is 5.53. The molecule has 128 valence electrons. The largest absolute Gasteiger partial charge is 0.349 e. The van der Waals surface area contributed by atoms with Crippen molar-refractivity contribution < 1.29 is 4.52 Å². The van der Waals surface area contributed by atoms with Gasteiger partial charge in [0.25, 0.3) is 11.8 Å². The molecule has 0 unspecified atom stereocenters. The predicted octanol–water partition coefficient (Wildman–Crippen LogP) is 3.95. The summed E-state index contributed by atoms with van der Waals surface area (Å²) in [6.45, 7) is 2.37. The molecule has 1 saturated carbocycles. The second kappa shape index (κ2) is 7.34. The lowest BCUT2D eigenvalue weighted by Gasteiger charge is -2.39. The van der Waals surface area contributed by atoms with E-state index in [0.717, 1.165) is 24.4 Å². The second-order valence-corrected chi connectivity index (χ2v) is 7.04. The van der Waals surface area contributed by atoms with Gasteiger partial charge in [-0.2, -0.15) is 4.98 Å². The first-order valence-corrected chi connectivity index (χ1v) is 9.28. The van der Waals surface area contributed by atoms with E-state index in [1.54, 1.807) is 0 Å². The minimum absolute atomic E-state index is 0.450. The number of hydrogen-bond donors (Lipinski definition) is 1. The van der Waals surface area contributed by atoms with Crippen LogP contribution >= 0.6 is 0 Å². The van der Waals surface area contributed by atoms with Gasteiger partial charge >= 0.3 is 0 Å². The molecule has 0 amide bonds. The van der Waals surface area contributed by atoms with Crippen LogP contribution in [0.3, 0.4) is 0 Å². The SMILES string of the molecule is c1ccc(-c2nc(NC3CCN(C4CCCCC4)CC3)no2)cc1. The van der Waals surface area contributed by atoms with Gasteiger partial charge in [0, 0.05) is 30.7 Å². The number of likely N-dealkylation sites (tertiary alicyclic amines) is 1. The minimum Gasteiger partial charge on any atom is -0.349 e. The van der Waals surface area contributed by atoms with E-state index in [9.17, 15) is 0 Å². The van der Waals surface area contributed by atoms with Gasteiger partial charge in [-0.05, 0) is 43.0 Å². The third-order valence-electron chi connectivity index (χ3n) is 5.40. The molecule has 0 bridgehead atoms. The molecule has 2 aromatic rings. The molecule has 2 aliphatic rings. The topological polar surface area (TPSA) is 54.2 Å². The first-order chi connectivity index (χ1) is 11.9. The number of rotatable bonds is 4. The average molecular weight is 326 g/mol. The summed E-state index contributed by atoms with van der Waals surface area (Å²) in [4.78, 5) is 7.18. The molecule has 2 heterocycles. The smallest absolute Gasteiger partial charge is 0.263 e. The standard InChI is InChI=1S/C19H26N4O/c1-3-7-15(8-4-1)18-21-19(22-24-18)20-16-11-13-23(14-12-16)17-9-5-2-6-10-17/h1,3-4,7-8,16-17H,2,5-6,9-14H2,(H,20,22). The van der Waals surface area contributed by atoms with Crippen molar-refractivity contribution in [2.24, 2.45) is 0 Å². The van der Waals surface area contributed by atoms with E-state index in [0.29, 0.717) is 17.9 Å². The van der Waals surface area contributed by atoms with Crippen LogP contribution in [0.1, 0.15) is 44.9 Å². The maximum atomic E-state index is 5.37. The summed E-state index contributed by atoms with van der Waals surface area (Å²) >= 11 is 0. The number of piperidine rings is 1. The van der Waals surface area contributed by atoms with Gasteiger partial charge in [0.05, 0.1) is 0 Å². The average Bonchev–Trinajstić information content (AvgIpc) is 3.12. The van der Waals surface area contributed by atoms with Crippen LogP contribution in [0.15, 0.2) is 34.9 Å². The Kier molecular flexibility index (Phi) is 4.78. The molecule has 2 fully saturated rings. The third-order valence-corrected chi connectivity index (χ3v) is 5.40. The number of hydrogen-bond acceptors (Lipinski definition) is 5. The van der Waals surface area contributed by atoms with Gasteiger partial charge in [0.15, 0.2) is 0 Å². The Bertz CT molecular complexity index is 628. The maximum absolute atomic E-state index is 5.37. The molecule has 1 aromatic carbocycles. The third kappa shape index (κ3) is 3.61. The molecular weight excluding hydrogens is 300 g/mol. The van der Waals surface area contributed by atoms with Gasteiger partial charge in [-0.15, -0.1) is 0 Å². The summed E-state index contributed by atoms with van der Waals surface area (Å²) in [5, 5.41) is 7.54.